The molecule has 98 valence electrons. The maximum absolute atomic E-state index is 11.7. The molecule has 4 nitrogen and oxygen atoms in total. The van der Waals surface area contributed by atoms with Crippen LogP contribution in [-0.2, 0) is 9.63 Å². The summed E-state index contributed by atoms with van der Waals surface area (Å²) in [6, 6.07) is 0.303. The SMILES string of the molecule is C=C(C1CC1)[C@@H](CC)N(C)CC(=O)N(C)OC. The summed E-state index contributed by atoms with van der Waals surface area (Å²) in [5, 5.41) is 1.27. The number of hydrogen-bond donors (Lipinski definition) is 0. The third kappa shape index (κ3) is 3.82. The summed E-state index contributed by atoms with van der Waals surface area (Å²) in [6.07, 6.45) is 3.51. The van der Waals surface area contributed by atoms with E-state index in [1.165, 1.54) is 30.6 Å². The molecule has 0 saturated heterocycles. The Morgan fingerprint density at radius 1 is 1.47 bits per heavy atom. The average molecular weight is 240 g/mol. The molecular weight excluding hydrogens is 216 g/mol. The molecule has 1 aliphatic carbocycles. The van der Waals surface area contributed by atoms with Crippen LogP contribution in [0, 0.1) is 5.92 Å². The Kier molecular flexibility index (Phi) is 5.15. The van der Waals surface area contributed by atoms with Crippen LogP contribution in [0.4, 0.5) is 0 Å². The van der Waals surface area contributed by atoms with Crippen molar-refractivity contribution in [3.63, 3.8) is 0 Å². The Morgan fingerprint density at radius 3 is 2.47 bits per heavy atom. The molecule has 0 heterocycles. The van der Waals surface area contributed by atoms with Crippen LogP contribution < -0.4 is 0 Å². The summed E-state index contributed by atoms with van der Waals surface area (Å²) in [5.41, 5.74) is 1.28. The number of hydroxylamine groups is 2. The number of rotatable bonds is 7. The molecule has 4 heteroatoms. The van der Waals surface area contributed by atoms with Crippen LogP contribution in [0.1, 0.15) is 26.2 Å². The van der Waals surface area contributed by atoms with Crippen LogP contribution >= 0.6 is 0 Å². The molecule has 0 N–H and O–H groups in total. The Bertz CT molecular complexity index is 287. The molecule has 0 aromatic rings. The third-order valence-electron chi connectivity index (χ3n) is 3.46. The number of nitrogens with zero attached hydrogens (tertiary/aromatic N) is 2. The minimum absolute atomic E-state index is 0.0305. The quantitative estimate of drug-likeness (QED) is 0.501. The van der Waals surface area contributed by atoms with Crippen molar-refractivity contribution in [2.45, 2.75) is 32.2 Å². The van der Waals surface area contributed by atoms with Gasteiger partial charge in [0.05, 0.1) is 13.7 Å². The molecule has 17 heavy (non-hydrogen) atoms. The van der Waals surface area contributed by atoms with Crippen LogP contribution in [0.2, 0.25) is 0 Å². The molecular formula is C13H24N2O2. The average Bonchev–Trinajstić information content (AvgIpc) is 3.12. The second-order valence-electron chi connectivity index (χ2n) is 4.76. The standard InChI is InChI=1S/C13H24N2O2/c1-6-12(10(2)11-7-8-11)14(3)9-13(16)15(4)17-5/h11-12H,2,6-9H2,1,3-5H3/t12-/m1/s1. The van der Waals surface area contributed by atoms with Gasteiger partial charge < -0.3 is 0 Å². The molecule has 0 unspecified atom stereocenters. The third-order valence-corrected chi connectivity index (χ3v) is 3.46. The van der Waals surface area contributed by atoms with Crippen LogP contribution in [0.15, 0.2) is 12.2 Å². The number of likely N-dealkylation sites (N-methyl/N-ethyl adjacent to an activating group) is 2. The highest BCUT2D eigenvalue weighted by Crippen LogP contribution is 2.38. The van der Waals surface area contributed by atoms with Gasteiger partial charge in [0.2, 0.25) is 0 Å². The predicted molar refractivity (Wildman–Crippen MR) is 68.4 cm³/mol. The van der Waals surface area contributed by atoms with E-state index in [2.05, 4.69) is 18.4 Å². The molecule has 1 rings (SSSR count). The summed E-state index contributed by atoms with van der Waals surface area (Å²) in [6.45, 7) is 6.69. The van der Waals surface area contributed by atoms with Gasteiger partial charge in [-0.1, -0.05) is 19.1 Å². The largest absolute Gasteiger partial charge is 0.291 e. The van der Waals surface area contributed by atoms with E-state index in [4.69, 9.17) is 4.84 Å². The fraction of sp³-hybridized carbons (Fsp3) is 0.769. The highest BCUT2D eigenvalue weighted by Gasteiger charge is 2.31. The molecule has 0 bridgehead atoms. The normalized spacial score (nSPS) is 17.0. The van der Waals surface area contributed by atoms with Gasteiger partial charge in [-0.3, -0.25) is 14.5 Å². The Hall–Kier alpha value is -0.870. The molecule has 1 saturated carbocycles. The van der Waals surface area contributed by atoms with Gasteiger partial charge in [0.25, 0.3) is 5.91 Å². The highest BCUT2D eigenvalue weighted by molar-refractivity contribution is 5.76. The van der Waals surface area contributed by atoms with Crippen LogP contribution in [0.5, 0.6) is 0 Å². The van der Waals surface area contributed by atoms with Gasteiger partial charge in [0, 0.05) is 13.1 Å². The minimum Gasteiger partial charge on any atom is -0.291 e. The summed E-state index contributed by atoms with van der Waals surface area (Å²) >= 11 is 0. The number of amides is 1. The van der Waals surface area contributed by atoms with E-state index in [-0.39, 0.29) is 5.91 Å². The van der Waals surface area contributed by atoms with E-state index in [9.17, 15) is 4.79 Å². The van der Waals surface area contributed by atoms with Crippen molar-refractivity contribution in [2.24, 2.45) is 5.92 Å². The summed E-state index contributed by atoms with van der Waals surface area (Å²) in [4.78, 5) is 18.7. The Morgan fingerprint density at radius 2 is 2.06 bits per heavy atom. The Balaban J connectivity index is 2.51. The van der Waals surface area contributed by atoms with Gasteiger partial charge in [0.15, 0.2) is 0 Å². The molecule has 1 atom stereocenters. The first-order valence-electron chi connectivity index (χ1n) is 6.20. The monoisotopic (exact) mass is 240 g/mol. The first-order chi connectivity index (χ1) is 8.01. The lowest BCUT2D eigenvalue weighted by Crippen LogP contribution is -2.41. The fourth-order valence-corrected chi connectivity index (χ4v) is 2.11. The van der Waals surface area contributed by atoms with Gasteiger partial charge in [-0.2, -0.15) is 0 Å². The summed E-state index contributed by atoms with van der Waals surface area (Å²) in [5.74, 6) is 0.648. The lowest BCUT2D eigenvalue weighted by molar-refractivity contribution is -0.169. The van der Waals surface area contributed by atoms with E-state index < -0.39 is 0 Å². The van der Waals surface area contributed by atoms with E-state index in [1.807, 2.05) is 7.05 Å². The van der Waals surface area contributed by atoms with Crippen LogP contribution in [0.25, 0.3) is 0 Å². The molecule has 1 amide bonds. The van der Waals surface area contributed by atoms with Gasteiger partial charge >= 0.3 is 0 Å². The molecule has 1 fully saturated rings. The maximum atomic E-state index is 11.7. The van der Waals surface area contributed by atoms with E-state index >= 15 is 0 Å². The van der Waals surface area contributed by atoms with Crippen molar-refractivity contribution in [1.82, 2.24) is 9.96 Å². The number of hydrogen-bond acceptors (Lipinski definition) is 3. The zero-order chi connectivity index (χ0) is 13.0. The van der Waals surface area contributed by atoms with Crippen molar-refractivity contribution >= 4 is 5.91 Å². The van der Waals surface area contributed by atoms with Gasteiger partial charge in [-0.15, -0.1) is 0 Å². The molecule has 0 radical (unpaired) electrons. The molecule has 0 aromatic carbocycles. The second kappa shape index (κ2) is 6.17. The van der Waals surface area contributed by atoms with Crippen molar-refractivity contribution in [3.05, 3.63) is 12.2 Å². The molecule has 0 spiro atoms. The Labute approximate surface area is 104 Å². The van der Waals surface area contributed by atoms with Crippen LogP contribution in [0.3, 0.4) is 0 Å². The van der Waals surface area contributed by atoms with Gasteiger partial charge in [-0.05, 0) is 32.2 Å². The lowest BCUT2D eigenvalue weighted by atomic mass is 10.0. The smallest absolute Gasteiger partial charge is 0.260 e. The van der Waals surface area contributed by atoms with Gasteiger partial charge in [0.1, 0.15) is 0 Å². The maximum Gasteiger partial charge on any atom is 0.260 e. The predicted octanol–water partition coefficient (Wildman–Crippen LogP) is 1.68. The minimum atomic E-state index is -0.0305. The summed E-state index contributed by atoms with van der Waals surface area (Å²) < 4.78 is 0. The van der Waals surface area contributed by atoms with Gasteiger partial charge in [-0.25, -0.2) is 5.06 Å². The fourth-order valence-electron chi connectivity index (χ4n) is 2.11. The second-order valence-corrected chi connectivity index (χ2v) is 4.76. The highest BCUT2D eigenvalue weighted by atomic mass is 16.7. The van der Waals surface area contributed by atoms with E-state index in [1.54, 1.807) is 7.05 Å². The van der Waals surface area contributed by atoms with E-state index in [0.29, 0.717) is 18.5 Å². The zero-order valence-corrected chi connectivity index (χ0v) is 11.4. The summed E-state index contributed by atoms with van der Waals surface area (Å²) in [7, 11) is 5.11. The number of carbonyl (C=O) groups excluding carboxylic acids is 1. The topological polar surface area (TPSA) is 32.8 Å². The van der Waals surface area contributed by atoms with Crippen molar-refractivity contribution < 1.29 is 9.63 Å². The van der Waals surface area contributed by atoms with Crippen LogP contribution in [-0.4, -0.2) is 49.7 Å². The number of carbonyl (C=O) groups is 1. The zero-order valence-electron chi connectivity index (χ0n) is 11.4. The van der Waals surface area contributed by atoms with Crippen molar-refractivity contribution in [2.75, 3.05) is 27.7 Å². The molecule has 0 aliphatic heterocycles. The van der Waals surface area contributed by atoms with E-state index in [0.717, 1.165) is 6.42 Å². The first kappa shape index (κ1) is 14.2. The molecule has 0 aromatic heterocycles. The first-order valence-corrected chi connectivity index (χ1v) is 6.20. The van der Waals surface area contributed by atoms with Crippen molar-refractivity contribution in [1.29, 1.82) is 0 Å². The molecule has 1 aliphatic rings. The lowest BCUT2D eigenvalue weighted by Gasteiger charge is -2.29. The van der Waals surface area contributed by atoms with Crippen molar-refractivity contribution in [3.8, 4) is 0 Å².